The van der Waals surface area contributed by atoms with Gasteiger partial charge in [-0.3, -0.25) is 0 Å². The van der Waals surface area contributed by atoms with Gasteiger partial charge in [-0.15, -0.1) is 22.7 Å². The van der Waals surface area contributed by atoms with Crippen LogP contribution in [0.25, 0.3) is 0 Å². The molecule has 2 heterocycles. The van der Waals surface area contributed by atoms with E-state index in [9.17, 15) is 0 Å². The van der Waals surface area contributed by atoms with E-state index >= 15 is 0 Å². The van der Waals surface area contributed by atoms with Gasteiger partial charge in [0.25, 0.3) is 0 Å². The van der Waals surface area contributed by atoms with Crippen LogP contribution in [-0.4, -0.2) is 6.54 Å². The molecule has 0 amide bonds. The fourth-order valence-corrected chi connectivity index (χ4v) is 4.54. The summed E-state index contributed by atoms with van der Waals surface area (Å²) in [5.41, 5.74) is 0. The number of thiophene rings is 2. The van der Waals surface area contributed by atoms with Crippen molar-refractivity contribution in [2.75, 3.05) is 6.54 Å². The molecule has 0 aliphatic carbocycles. The molecule has 0 radical (unpaired) electrons. The van der Waals surface area contributed by atoms with Gasteiger partial charge < -0.3 is 5.32 Å². The van der Waals surface area contributed by atoms with Gasteiger partial charge >= 0.3 is 0 Å². The van der Waals surface area contributed by atoms with Crippen LogP contribution in [0.15, 0.2) is 28.1 Å². The minimum atomic E-state index is 0.332. The largest absolute Gasteiger partial charge is 0.305 e. The van der Waals surface area contributed by atoms with Gasteiger partial charge in [-0.05, 0) is 46.9 Å². The Labute approximate surface area is 113 Å². The van der Waals surface area contributed by atoms with Crippen molar-refractivity contribution in [1.29, 1.82) is 0 Å². The lowest BCUT2D eigenvalue weighted by molar-refractivity contribution is 0.647. The summed E-state index contributed by atoms with van der Waals surface area (Å²) in [7, 11) is 0. The monoisotopic (exact) mass is 315 g/mol. The minimum Gasteiger partial charge on any atom is -0.305 e. The number of hydrogen-bond acceptors (Lipinski definition) is 3. The topological polar surface area (TPSA) is 12.0 Å². The fraction of sp³-hybridized carbons (Fsp3) is 0.333. The predicted octanol–water partition coefficient (Wildman–Crippen LogP) is 4.58. The Balaban J connectivity index is 2.36. The first kappa shape index (κ1) is 12.3. The van der Waals surface area contributed by atoms with E-state index in [1.165, 1.54) is 19.1 Å². The molecule has 1 nitrogen and oxygen atoms in total. The van der Waals surface area contributed by atoms with Crippen molar-refractivity contribution in [1.82, 2.24) is 5.32 Å². The van der Waals surface area contributed by atoms with Gasteiger partial charge in [-0.2, -0.15) is 0 Å². The number of halogens is 1. The minimum absolute atomic E-state index is 0.332. The fourth-order valence-electron chi connectivity index (χ4n) is 1.68. The molecule has 16 heavy (non-hydrogen) atoms. The van der Waals surface area contributed by atoms with Crippen LogP contribution in [0, 0.1) is 6.92 Å². The third kappa shape index (κ3) is 2.56. The Morgan fingerprint density at radius 1 is 1.50 bits per heavy atom. The summed E-state index contributed by atoms with van der Waals surface area (Å²) in [6.07, 6.45) is 0. The van der Waals surface area contributed by atoms with Gasteiger partial charge in [0, 0.05) is 19.1 Å². The third-order valence-electron chi connectivity index (χ3n) is 2.33. The normalized spacial score (nSPS) is 12.9. The van der Waals surface area contributed by atoms with E-state index in [1.807, 2.05) is 22.7 Å². The van der Waals surface area contributed by atoms with Crippen LogP contribution >= 0.6 is 38.6 Å². The van der Waals surface area contributed by atoms with Crippen molar-refractivity contribution in [3.05, 3.63) is 42.7 Å². The Kier molecular flexibility index (Phi) is 4.19. The highest BCUT2D eigenvalue weighted by molar-refractivity contribution is 9.10. The molecule has 0 saturated heterocycles. The van der Waals surface area contributed by atoms with Gasteiger partial charge in [0.15, 0.2) is 0 Å². The zero-order valence-corrected chi connectivity index (χ0v) is 12.5. The third-order valence-corrected chi connectivity index (χ3v) is 5.31. The van der Waals surface area contributed by atoms with Crippen LogP contribution in [0.5, 0.6) is 0 Å². The van der Waals surface area contributed by atoms with Gasteiger partial charge in [-0.25, -0.2) is 0 Å². The lowest BCUT2D eigenvalue weighted by Gasteiger charge is -2.15. The van der Waals surface area contributed by atoms with E-state index < -0.39 is 0 Å². The van der Waals surface area contributed by atoms with Crippen LogP contribution < -0.4 is 5.32 Å². The molecule has 4 heteroatoms. The molecule has 0 fully saturated rings. The van der Waals surface area contributed by atoms with Crippen LogP contribution in [0.2, 0.25) is 0 Å². The summed E-state index contributed by atoms with van der Waals surface area (Å²) in [6, 6.07) is 6.83. The second-order valence-corrected chi connectivity index (χ2v) is 6.70. The molecular weight excluding hydrogens is 302 g/mol. The van der Waals surface area contributed by atoms with Crippen molar-refractivity contribution in [3.63, 3.8) is 0 Å². The highest BCUT2D eigenvalue weighted by Gasteiger charge is 2.18. The molecule has 2 aromatic heterocycles. The molecule has 2 rings (SSSR count). The molecule has 86 valence electrons. The summed E-state index contributed by atoms with van der Waals surface area (Å²) in [5, 5.41) is 5.68. The zero-order valence-electron chi connectivity index (χ0n) is 9.29. The van der Waals surface area contributed by atoms with Gasteiger partial charge in [0.1, 0.15) is 0 Å². The second-order valence-electron chi connectivity index (χ2n) is 3.58. The van der Waals surface area contributed by atoms with Gasteiger partial charge in [0.05, 0.1) is 6.04 Å². The maximum atomic E-state index is 3.65. The molecule has 1 N–H and O–H groups in total. The van der Waals surface area contributed by atoms with Gasteiger partial charge in [-0.1, -0.05) is 13.0 Å². The molecule has 0 spiro atoms. The average Bonchev–Trinajstić information content (AvgIpc) is 2.85. The van der Waals surface area contributed by atoms with Crippen LogP contribution in [0.4, 0.5) is 0 Å². The smallest absolute Gasteiger partial charge is 0.0776 e. The molecule has 0 aliphatic heterocycles. The summed E-state index contributed by atoms with van der Waals surface area (Å²) in [5.74, 6) is 0. The molecular formula is C12H14BrNS2. The molecule has 0 bridgehead atoms. The van der Waals surface area contributed by atoms with E-state index in [2.05, 4.69) is 58.7 Å². The highest BCUT2D eigenvalue weighted by atomic mass is 79.9. The lowest BCUT2D eigenvalue weighted by Crippen LogP contribution is -2.20. The molecule has 1 atom stereocenters. The summed E-state index contributed by atoms with van der Waals surface area (Å²) in [6.45, 7) is 5.28. The Bertz CT molecular complexity index is 448. The average molecular weight is 316 g/mol. The first-order valence-electron chi connectivity index (χ1n) is 5.25. The van der Waals surface area contributed by atoms with Crippen molar-refractivity contribution in [3.8, 4) is 0 Å². The van der Waals surface area contributed by atoms with Crippen LogP contribution in [0.1, 0.15) is 27.6 Å². The Morgan fingerprint density at radius 2 is 2.31 bits per heavy atom. The molecule has 0 aliphatic rings. The first-order valence-corrected chi connectivity index (χ1v) is 7.74. The molecule has 1 unspecified atom stereocenters. The zero-order chi connectivity index (χ0) is 11.5. The van der Waals surface area contributed by atoms with Crippen LogP contribution in [-0.2, 0) is 0 Å². The summed E-state index contributed by atoms with van der Waals surface area (Å²) >= 11 is 7.31. The predicted molar refractivity (Wildman–Crippen MR) is 76.6 cm³/mol. The first-order chi connectivity index (χ1) is 7.72. The van der Waals surface area contributed by atoms with E-state index in [4.69, 9.17) is 0 Å². The molecule has 0 saturated carbocycles. The van der Waals surface area contributed by atoms with Crippen molar-refractivity contribution < 1.29 is 0 Å². The van der Waals surface area contributed by atoms with E-state index in [-0.39, 0.29) is 0 Å². The second kappa shape index (κ2) is 5.45. The standard InChI is InChI=1S/C12H14BrNS2/c1-3-14-11(10-5-4-6-15-10)12-9(13)7-8(2)16-12/h4-7,11,14H,3H2,1-2H3. The van der Waals surface area contributed by atoms with E-state index in [0.29, 0.717) is 6.04 Å². The van der Waals surface area contributed by atoms with Crippen LogP contribution in [0.3, 0.4) is 0 Å². The highest BCUT2D eigenvalue weighted by Crippen LogP contribution is 2.36. The van der Waals surface area contributed by atoms with Crippen molar-refractivity contribution in [2.24, 2.45) is 0 Å². The molecule has 0 aromatic carbocycles. The van der Waals surface area contributed by atoms with Gasteiger partial charge in [0.2, 0.25) is 0 Å². The quantitative estimate of drug-likeness (QED) is 0.870. The maximum absolute atomic E-state index is 3.65. The molecule has 2 aromatic rings. The maximum Gasteiger partial charge on any atom is 0.0776 e. The van der Waals surface area contributed by atoms with E-state index in [1.54, 1.807) is 0 Å². The Morgan fingerprint density at radius 3 is 2.81 bits per heavy atom. The van der Waals surface area contributed by atoms with Crippen molar-refractivity contribution in [2.45, 2.75) is 19.9 Å². The lowest BCUT2D eigenvalue weighted by atomic mass is 10.2. The SMILES string of the molecule is CCNC(c1cccs1)c1sc(C)cc1Br. The number of rotatable bonds is 4. The summed E-state index contributed by atoms with van der Waals surface area (Å²) < 4.78 is 1.22. The van der Waals surface area contributed by atoms with Crippen molar-refractivity contribution >= 4 is 38.6 Å². The Hall–Kier alpha value is -0.160. The summed E-state index contributed by atoms with van der Waals surface area (Å²) in [4.78, 5) is 4.10. The number of nitrogens with one attached hydrogen (secondary N) is 1. The number of hydrogen-bond donors (Lipinski definition) is 1. The van der Waals surface area contributed by atoms with E-state index in [0.717, 1.165) is 6.54 Å². The number of aryl methyl sites for hydroxylation is 1.